The van der Waals surface area contributed by atoms with Crippen molar-refractivity contribution in [3.05, 3.63) is 81.6 Å². The minimum Gasteiger partial charge on any atom is -0.489 e. The normalized spacial score (nSPS) is 11.9. The van der Waals surface area contributed by atoms with Gasteiger partial charge in [-0.2, -0.15) is 5.10 Å². The van der Waals surface area contributed by atoms with E-state index in [1.54, 1.807) is 0 Å². The summed E-state index contributed by atoms with van der Waals surface area (Å²) in [5, 5.41) is 8.21. The van der Waals surface area contributed by atoms with Gasteiger partial charge in [0.1, 0.15) is 12.4 Å². The Morgan fingerprint density at radius 2 is 1.93 bits per heavy atom. The fraction of sp³-hybridized carbons (Fsp3) is 0.304. The van der Waals surface area contributed by atoms with E-state index < -0.39 is 0 Å². The van der Waals surface area contributed by atoms with Gasteiger partial charge in [-0.1, -0.05) is 23.7 Å². The lowest BCUT2D eigenvalue weighted by molar-refractivity contribution is 0.0939. The van der Waals surface area contributed by atoms with Gasteiger partial charge in [0.25, 0.3) is 5.91 Å². The van der Waals surface area contributed by atoms with E-state index in [-0.39, 0.29) is 11.9 Å². The number of hydrogen-bond acceptors (Lipinski definition) is 3. The summed E-state index contributed by atoms with van der Waals surface area (Å²) in [6, 6.07) is 12.9. The Hall–Kier alpha value is -2.79. The first-order chi connectivity index (χ1) is 13.9. The first-order valence-corrected chi connectivity index (χ1v) is 10.1. The average Bonchev–Trinajstić information content (AvgIpc) is 3.10. The number of ether oxygens (including phenoxy) is 1. The van der Waals surface area contributed by atoms with E-state index in [1.807, 2.05) is 81.0 Å². The zero-order chi connectivity index (χ0) is 21.0. The van der Waals surface area contributed by atoms with Gasteiger partial charge in [-0.05, 0) is 69.2 Å². The molecular formula is C23H26ClN3O2. The Labute approximate surface area is 176 Å². The van der Waals surface area contributed by atoms with Crippen LogP contribution in [0.1, 0.15) is 52.6 Å². The molecule has 0 aliphatic carbocycles. The van der Waals surface area contributed by atoms with Gasteiger partial charge < -0.3 is 10.1 Å². The van der Waals surface area contributed by atoms with Gasteiger partial charge >= 0.3 is 0 Å². The molecule has 0 saturated carbocycles. The maximum Gasteiger partial charge on any atom is 0.251 e. The van der Waals surface area contributed by atoms with E-state index >= 15 is 0 Å². The number of rotatable bonds is 7. The predicted octanol–water partition coefficient (Wildman–Crippen LogP) is 5.24. The Morgan fingerprint density at radius 3 is 2.55 bits per heavy atom. The fourth-order valence-electron chi connectivity index (χ4n) is 3.10. The number of benzene rings is 2. The van der Waals surface area contributed by atoms with Crippen molar-refractivity contribution >= 4 is 17.5 Å². The quantitative estimate of drug-likeness (QED) is 0.578. The van der Waals surface area contributed by atoms with E-state index in [9.17, 15) is 4.79 Å². The molecular weight excluding hydrogens is 386 g/mol. The van der Waals surface area contributed by atoms with Gasteiger partial charge in [0.2, 0.25) is 0 Å². The predicted molar refractivity (Wildman–Crippen MR) is 115 cm³/mol. The Balaban J connectivity index is 1.59. The van der Waals surface area contributed by atoms with Crippen LogP contribution in [0.4, 0.5) is 0 Å². The summed E-state index contributed by atoms with van der Waals surface area (Å²) in [6.07, 6.45) is 1.99. The molecule has 5 nitrogen and oxygen atoms in total. The molecule has 0 saturated heterocycles. The number of carbonyl (C=O) groups is 1. The van der Waals surface area contributed by atoms with Gasteiger partial charge in [-0.25, -0.2) is 0 Å². The Bertz CT molecular complexity index is 996. The molecule has 3 rings (SSSR count). The summed E-state index contributed by atoms with van der Waals surface area (Å²) in [5.74, 6) is 0.660. The maximum absolute atomic E-state index is 12.6. The van der Waals surface area contributed by atoms with Crippen molar-refractivity contribution in [1.29, 1.82) is 0 Å². The zero-order valence-corrected chi connectivity index (χ0v) is 18.0. The lowest BCUT2D eigenvalue weighted by Gasteiger charge is -2.14. The minimum absolute atomic E-state index is 0.109. The van der Waals surface area contributed by atoms with Crippen LogP contribution in [0.15, 0.2) is 48.7 Å². The fourth-order valence-corrected chi connectivity index (χ4v) is 3.22. The summed E-state index contributed by atoms with van der Waals surface area (Å²) >= 11 is 6.04. The second-order valence-corrected chi connectivity index (χ2v) is 7.52. The molecule has 1 atom stereocenters. The molecule has 0 radical (unpaired) electrons. The zero-order valence-electron chi connectivity index (χ0n) is 17.2. The van der Waals surface area contributed by atoms with Gasteiger partial charge in [-0.3, -0.25) is 9.48 Å². The van der Waals surface area contributed by atoms with E-state index in [4.69, 9.17) is 16.3 Å². The van der Waals surface area contributed by atoms with Crippen molar-refractivity contribution in [2.75, 3.05) is 0 Å². The lowest BCUT2D eigenvalue weighted by atomic mass is 10.1. The van der Waals surface area contributed by atoms with Crippen LogP contribution < -0.4 is 10.1 Å². The van der Waals surface area contributed by atoms with Crippen LogP contribution in [-0.4, -0.2) is 15.7 Å². The summed E-state index contributed by atoms with van der Waals surface area (Å²) in [7, 11) is 0. The van der Waals surface area contributed by atoms with E-state index in [1.165, 1.54) is 0 Å². The molecule has 0 fully saturated rings. The van der Waals surface area contributed by atoms with Crippen molar-refractivity contribution in [1.82, 2.24) is 15.1 Å². The van der Waals surface area contributed by atoms with Crippen LogP contribution in [0.25, 0.3) is 0 Å². The molecule has 0 aliphatic rings. The molecule has 0 bridgehead atoms. The Kier molecular flexibility index (Phi) is 6.60. The first-order valence-electron chi connectivity index (χ1n) is 9.70. The second-order valence-electron chi connectivity index (χ2n) is 7.12. The van der Waals surface area contributed by atoms with E-state index in [0.717, 1.165) is 39.7 Å². The van der Waals surface area contributed by atoms with Crippen LogP contribution in [-0.2, 0) is 13.2 Å². The molecule has 1 unspecified atom stereocenters. The number of nitrogens with zero attached hydrogens (tertiary/aromatic N) is 2. The summed E-state index contributed by atoms with van der Waals surface area (Å²) in [4.78, 5) is 12.6. The molecule has 2 aromatic carbocycles. The Morgan fingerprint density at radius 1 is 1.21 bits per heavy atom. The van der Waals surface area contributed by atoms with Crippen molar-refractivity contribution in [2.24, 2.45) is 0 Å². The number of aromatic nitrogens is 2. The summed E-state index contributed by atoms with van der Waals surface area (Å²) < 4.78 is 7.69. The summed E-state index contributed by atoms with van der Waals surface area (Å²) in [5.41, 5.74) is 4.55. The molecule has 1 heterocycles. The van der Waals surface area contributed by atoms with Gasteiger partial charge in [0.15, 0.2) is 0 Å². The summed E-state index contributed by atoms with van der Waals surface area (Å²) in [6.45, 7) is 9.14. The molecule has 0 spiro atoms. The highest BCUT2D eigenvalue weighted by Gasteiger charge is 2.15. The van der Waals surface area contributed by atoms with Crippen LogP contribution in [0.5, 0.6) is 5.75 Å². The topological polar surface area (TPSA) is 56.2 Å². The molecule has 1 N–H and O–H groups in total. The smallest absolute Gasteiger partial charge is 0.251 e. The van der Waals surface area contributed by atoms with Crippen molar-refractivity contribution in [3.63, 3.8) is 0 Å². The number of amides is 1. The van der Waals surface area contributed by atoms with Crippen LogP contribution >= 0.6 is 11.6 Å². The molecule has 29 heavy (non-hydrogen) atoms. The number of nitrogens with one attached hydrogen (secondary N) is 1. The minimum atomic E-state index is -0.112. The SMILES string of the molecule is CCn1cc(C(C)NC(=O)c2ccc(COc3ccc(Cl)c(C)c3)cc2)c(C)n1. The molecule has 152 valence electrons. The van der Waals surface area contributed by atoms with Gasteiger partial charge in [0.05, 0.1) is 11.7 Å². The lowest BCUT2D eigenvalue weighted by Crippen LogP contribution is -2.26. The standard InChI is InChI=1S/C23H26ClN3O2/c1-5-27-13-21(17(4)26-27)16(3)25-23(28)19-8-6-18(7-9-19)14-29-20-10-11-22(24)15(2)12-20/h6-13,16H,5,14H2,1-4H3,(H,25,28). The third kappa shape index (κ3) is 5.18. The first kappa shape index (κ1) is 20.9. The molecule has 1 aromatic heterocycles. The average molecular weight is 412 g/mol. The molecule has 3 aromatic rings. The largest absolute Gasteiger partial charge is 0.489 e. The van der Waals surface area contributed by atoms with Crippen LogP contribution in [0, 0.1) is 13.8 Å². The molecule has 1 amide bonds. The maximum atomic E-state index is 12.6. The number of carbonyl (C=O) groups excluding carboxylic acids is 1. The second kappa shape index (κ2) is 9.14. The van der Waals surface area contributed by atoms with Gasteiger partial charge in [-0.15, -0.1) is 0 Å². The highest BCUT2D eigenvalue weighted by atomic mass is 35.5. The van der Waals surface area contributed by atoms with Crippen molar-refractivity contribution in [2.45, 2.75) is 46.9 Å². The number of aryl methyl sites for hydroxylation is 3. The number of halogens is 1. The van der Waals surface area contributed by atoms with Crippen LogP contribution in [0.3, 0.4) is 0 Å². The van der Waals surface area contributed by atoms with E-state index in [2.05, 4.69) is 10.4 Å². The third-order valence-electron chi connectivity index (χ3n) is 4.87. The van der Waals surface area contributed by atoms with Gasteiger partial charge in [0, 0.05) is 28.9 Å². The highest BCUT2D eigenvalue weighted by Crippen LogP contribution is 2.22. The van der Waals surface area contributed by atoms with Crippen molar-refractivity contribution in [3.8, 4) is 5.75 Å². The highest BCUT2D eigenvalue weighted by molar-refractivity contribution is 6.31. The van der Waals surface area contributed by atoms with E-state index in [0.29, 0.717) is 12.2 Å². The monoisotopic (exact) mass is 411 g/mol. The molecule has 6 heteroatoms. The third-order valence-corrected chi connectivity index (χ3v) is 5.30. The number of hydrogen-bond donors (Lipinski definition) is 1. The molecule has 0 aliphatic heterocycles. The van der Waals surface area contributed by atoms with Crippen molar-refractivity contribution < 1.29 is 9.53 Å². The van der Waals surface area contributed by atoms with Crippen LogP contribution in [0.2, 0.25) is 5.02 Å².